The zero-order valence-corrected chi connectivity index (χ0v) is 9.40. The molecule has 5 heteroatoms. The number of terminal acetylenes is 1. The van der Waals surface area contributed by atoms with E-state index >= 15 is 0 Å². The number of hydrogen-bond acceptors (Lipinski definition) is 3. The quantitative estimate of drug-likeness (QED) is 0.620. The number of carbonyl (C=O) groups is 1. The molecule has 0 saturated heterocycles. The van der Waals surface area contributed by atoms with Crippen molar-refractivity contribution in [3.63, 3.8) is 0 Å². The fraction of sp³-hybridized carbons (Fsp3) is 0.0769. The van der Waals surface area contributed by atoms with Crippen molar-refractivity contribution >= 4 is 22.7 Å². The van der Waals surface area contributed by atoms with Crippen LogP contribution in [0.25, 0.3) is 11.0 Å². The number of anilines is 1. The van der Waals surface area contributed by atoms with Crippen LogP contribution in [-0.2, 0) is 0 Å². The third-order valence-corrected chi connectivity index (χ3v) is 2.23. The highest BCUT2D eigenvalue weighted by Crippen LogP contribution is 2.17. The molecule has 0 saturated carbocycles. The summed E-state index contributed by atoms with van der Waals surface area (Å²) in [5, 5.41) is 5.82. The van der Waals surface area contributed by atoms with Gasteiger partial charge in [0, 0.05) is 17.1 Å². The molecule has 0 unspecified atom stereocenters. The van der Waals surface area contributed by atoms with Crippen molar-refractivity contribution in [2.75, 3.05) is 11.9 Å². The number of rotatable bonds is 2. The summed E-state index contributed by atoms with van der Waals surface area (Å²) < 4.78 is 4.98. The first kappa shape index (κ1) is 11.7. The highest BCUT2D eigenvalue weighted by atomic mass is 16.4. The molecule has 0 atom stereocenters. The Bertz CT molecular complexity index is 682. The summed E-state index contributed by atoms with van der Waals surface area (Å²) in [5.41, 5.74) is 0.651. The van der Waals surface area contributed by atoms with Crippen LogP contribution in [0.5, 0.6) is 0 Å². The standard InChI is InChI=1S/C13H10N2O3/c1-2-7-14-13(17)15-10-4-5-11-9(8-10)3-6-12(16)18-11/h1,3-6,8H,7H2,(H2,14,15,17). The van der Waals surface area contributed by atoms with E-state index in [9.17, 15) is 9.59 Å². The first-order valence-corrected chi connectivity index (χ1v) is 5.21. The molecule has 1 aromatic carbocycles. The molecule has 90 valence electrons. The van der Waals surface area contributed by atoms with Gasteiger partial charge < -0.3 is 15.1 Å². The molecular formula is C13H10N2O3. The maximum Gasteiger partial charge on any atom is 0.336 e. The summed E-state index contributed by atoms with van der Waals surface area (Å²) in [7, 11) is 0. The predicted octanol–water partition coefficient (Wildman–Crippen LogP) is 1.55. The van der Waals surface area contributed by atoms with Gasteiger partial charge in [-0.25, -0.2) is 9.59 Å². The van der Waals surface area contributed by atoms with E-state index in [0.717, 1.165) is 5.39 Å². The van der Waals surface area contributed by atoms with Crippen molar-refractivity contribution in [2.45, 2.75) is 0 Å². The molecule has 0 spiro atoms. The van der Waals surface area contributed by atoms with Gasteiger partial charge in [0.2, 0.25) is 0 Å². The van der Waals surface area contributed by atoms with Crippen LogP contribution in [0.15, 0.2) is 39.5 Å². The molecule has 0 aliphatic rings. The van der Waals surface area contributed by atoms with E-state index in [0.29, 0.717) is 11.3 Å². The lowest BCUT2D eigenvalue weighted by Gasteiger charge is -2.05. The third kappa shape index (κ3) is 2.68. The van der Waals surface area contributed by atoms with Gasteiger partial charge in [0.25, 0.3) is 0 Å². The molecule has 1 aromatic heterocycles. The summed E-state index contributed by atoms with van der Waals surface area (Å²) in [4.78, 5) is 22.4. The molecular weight excluding hydrogens is 232 g/mol. The van der Waals surface area contributed by atoms with Gasteiger partial charge in [-0.2, -0.15) is 0 Å². The van der Waals surface area contributed by atoms with E-state index in [1.807, 2.05) is 0 Å². The first-order valence-electron chi connectivity index (χ1n) is 5.21. The van der Waals surface area contributed by atoms with Gasteiger partial charge >= 0.3 is 11.7 Å². The first-order chi connectivity index (χ1) is 8.69. The number of carbonyl (C=O) groups excluding carboxylic acids is 1. The monoisotopic (exact) mass is 242 g/mol. The van der Waals surface area contributed by atoms with Crippen LogP contribution < -0.4 is 16.3 Å². The Hall–Kier alpha value is -2.74. The molecule has 18 heavy (non-hydrogen) atoms. The highest BCUT2D eigenvalue weighted by molar-refractivity contribution is 5.92. The number of nitrogens with one attached hydrogen (secondary N) is 2. The molecule has 0 aliphatic heterocycles. The lowest BCUT2D eigenvalue weighted by molar-refractivity contribution is 0.253. The molecule has 2 amide bonds. The van der Waals surface area contributed by atoms with Crippen LogP contribution in [0, 0.1) is 12.3 Å². The van der Waals surface area contributed by atoms with Crippen molar-refractivity contribution in [2.24, 2.45) is 0 Å². The minimum absolute atomic E-state index is 0.161. The normalized spacial score (nSPS) is 9.72. The van der Waals surface area contributed by atoms with E-state index < -0.39 is 5.63 Å². The minimum atomic E-state index is -0.407. The molecule has 2 N–H and O–H groups in total. The van der Waals surface area contributed by atoms with E-state index in [1.54, 1.807) is 24.3 Å². The van der Waals surface area contributed by atoms with Crippen LogP contribution in [0.3, 0.4) is 0 Å². The molecule has 1 heterocycles. The van der Waals surface area contributed by atoms with E-state index in [-0.39, 0.29) is 12.6 Å². The molecule has 5 nitrogen and oxygen atoms in total. The van der Waals surface area contributed by atoms with Crippen LogP contribution in [-0.4, -0.2) is 12.6 Å². The maximum absolute atomic E-state index is 11.4. The molecule has 2 aromatic rings. The van der Waals surface area contributed by atoms with E-state index in [1.165, 1.54) is 6.07 Å². The van der Waals surface area contributed by atoms with Crippen molar-refractivity contribution in [1.29, 1.82) is 0 Å². The lowest BCUT2D eigenvalue weighted by Crippen LogP contribution is -2.28. The Labute approximate surface area is 103 Å². The van der Waals surface area contributed by atoms with Crippen LogP contribution in [0.2, 0.25) is 0 Å². The zero-order valence-electron chi connectivity index (χ0n) is 9.40. The Morgan fingerprint density at radius 3 is 2.94 bits per heavy atom. The fourth-order valence-corrected chi connectivity index (χ4v) is 1.46. The highest BCUT2D eigenvalue weighted by Gasteiger charge is 2.02. The zero-order chi connectivity index (χ0) is 13.0. The minimum Gasteiger partial charge on any atom is -0.423 e. The van der Waals surface area contributed by atoms with Gasteiger partial charge in [0.15, 0.2) is 0 Å². The second kappa shape index (κ2) is 5.06. The third-order valence-electron chi connectivity index (χ3n) is 2.23. The van der Waals surface area contributed by atoms with Gasteiger partial charge in [-0.1, -0.05) is 5.92 Å². The number of benzene rings is 1. The molecule has 0 bridgehead atoms. The van der Waals surface area contributed by atoms with Crippen molar-refractivity contribution in [3.8, 4) is 12.3 Å². The Morgan fingerprint density at radius 1 is 1.33 bits per heavy atom. The number of amides is 2. The van der Waals surface area contributed by atoms with Gasteiger partial charge in [-0.3, -0.25) is 0 Å². The van der Waals surface area contributed by atoms with Crippen LogP contribution in [0.1, 0.15) is 0 Å². The Balaban J connectivity index is 2.20. The van der Waals surface area contributed by atoms with Crippen molar-refractivity contribution < 1.29 is 9.21 Å². The molecule has 2 rings (SSSR count). The molecule has 0 fully saturated rings. The molecule has 0 aliphatic carbocycles. The summed E-state index contributed by atoms with van der Waals surface area (Å²) in [6.07, 6.45) is 5.02. The topological polar surface area (TPSA) is 71.3 Å². The summed E-state index contributed by atoms with van der Waals surface area (Å²) in [6, 6.07) is 7.53. The Kier molecular flexibility index (Phi) is 3.30. The second-order valence-corrected chi connectivity index (χ2v) is 3.52. The van der Waals surface area contributed by atoms with E-state index in [2.05, 4.69) is 16.6 Å². The largest absolute Gasteiger partial charge is 0.423 e. The van der Waals surface area contributed by atoms with Crippen molar-refractivity contribution in [1.82, 2.24) is 5.32 Å². The number of fused-ring (bicyclic) bond motifs is 1. The second-order valence-electron chi connectivity index (χ2n) is 3.52. The van der Waals surface area contributed by atoms with Crippen LogP contribution >= 0.6 is 0 Å². The summed E-state index contributed by atoms with van der Waals surface area (Å²) >= 11 is 0. The predicted molar refractivity (Wildman–Crippen MR) is 68.3 cm³/mol. The average Bonchev–Trinajstić information content (AvgIpc) is 2.36. The lowest BCUT2D eigenvalue weighted by atomic mass is 10.2. The van der Waals surface area contributed by atoms with Gasteiger partial charge in [-0.05, 0) is 24.3 Å². The SMILES string of the molecule is C#CCNC(=O)Nc1ccc2oc(=O)ccc2c1. The van der Waals surface area contributed by atoms with Crippen LogP contribution in [0.4, 0.5) is 10.5 Å². The fourth-order valence-electron chi connectivity index (χ4n) is 1.46. The Morgan fingerprint density at radius 2 is 2.17 bits per heavy atom. The molecule has 0 radical (unpaired) electrons. The van der Waals surface area contributed by atoms with Gasteiger partial charge in [0.1, 0.15) is 5.58 Å². The van der Waals surface area contributed by atoms with E-state index in [4.69, 9.17) is 10.8 Å². The van der Waals surface area contributed by atoms with Gasteiger partial charge in [-0.15, -0.1) is 6.42 Å². The van der Waals surface area contributed by atoms with Gasteiger partial charge in [0.05, 0.1) is 6.54 Å². The summed E-state index contributed by atoms with van der Waals surface area (Å²) in [5.74, 6) is 2.30. The summed E-state index contributed by atoms with van der Waals surface area (Å²) in [6.45, 7) is 0.161. The average molecular weight is 242 g/mol. The van der Waals surface area contributed by atoms with Crippen molar-refractivity contribution in [3.05, 3.63) is 40.8 Å². The number of urea groups is 1. The smallest absolute Gasteiger partial charge is 0.336 e. The maximum atomic E-state index is 11.4. The number of hydrogen-bond donors (Lipinski definition) is 2.